The highest BCUT2D eigenvalue weighted by Gasteiger charge is 2.32. The molecule has 2 heterocycles. The minimum atomic E-state index is -0.303. The highest BCUT2D eigenvalue weighted by Crippen LogP contribution is 2.28. The number of piperazine rings is 1. The van der Waals surface area contributed by atoms with Gasteiger partial charge < -0.3 is 19.3 Å². The lowest BCUT2D eigenvalue weighted by atomic mass is 10.2. The Labute approximate surface area is 181 Å². The van der Waals surface area contributed by atoms with Crippen molar-refractivity contribution in [2.75, 3.05) is 46.4 Å². The van der Waals surface area contributed by atoms with Crippen molar-refractivity contribution in [3.8, 4) is 11.5 Å². The zero-order valence-corrected chi connectivity index (χ0v) is 17.8. The zero-order chi connectivity index (χ0) is 22.4. The summed E-state index contributed by atoms with van der Waals surface area (Å²) < 4.78 is 10.8. The van der Waals surface area contributed by atoms with E-state index in [0.29, 0.717) is 44.3 Å². The molecule has 4 amide bonds. The molecule has 1 aromatic rings. The Bertz CT molecular complexity index is 873. The number of benzene rings is 1. The van der Waals surface area contributed by atoms with E-state index in [1.54, 1.807) is 35.1 Å². The monoisotopic (exact) mass is 429 g/mol. The summed E-state index contributed by atoms with van der Waals surface area (Å²) in [5, 5.41) is 0. The van der Waals surface area contributed by atoms with Crippen LogP contribution in [0.15, 0.2) is 24.3 Å². The third-order valence-electron chi connectivity index (χ3n) is 5.30. The van der Waals surface area contributed by atoms with Gasteiger partial charge in [0.25, 0.3) is 0 Å². The van der Waals surface area contributed by atoms with Crippen molar-refractivity contribution < 1.29 is 28.7 Å². The Balaban J connectivity index is 1.51. The summed E-state index contributed by atoms with van der Waals surface area (Å²) in [5.41, 5.74) is 0.808. The highest BCUT2D eigenvalue weighted by atomic mass is 16.5. The van der Waals surface area contributed by atoms with Crippen molar-refractivity contribution in [3.63, 3.8) is 0 Å². The summed E-state index contributed by atoms with van der Waals surface area (Å²) in [6.45, 7) is 3.72. The van der Waals surface area contributed by atoms with E-state index in [9.17, 15) is 19.2 Å². The Morgan fingerprint density at radius 3 is 2.26 bits per heavy atom. The molecule has 9 nitrogen and oxygen atoms in total. The summed E-state index contributed by atoms with van der Waals surface area (Å²) in [6, 6.07) is 5.44. The Morgan fingerprint density at radius 2 is 1.65 bits per heavy atom. The van der Waals surface area contributed by atoms with Crippen LogP contribution in [-0.4, -0.2) is 84.8 Å². The predicted molar refractivity (Wildman–Crippen MR) is 112 cm³/mol. The number of methoxy groups -OCH3 is 1. The van der Waals surface area contributed by atoms with Gasteiger partial charge in [0.05, 0.1) is 13.7 Å². The molecule has 0 atom stereocenters. The Kier molecular flexibility index (Phi) is 7.28. The molecule has 31 heavy (non-hydrogen) atoms. The fourth-order valence-electron chi connectivity index (χ4n) is 3.55. The molecule has 0 N–H and O–H groups in total. The number of nitrogens with zero attached hydrogens (tertiary/aromatic N) is 3. The van der Waals surface area contributed by atoms with Crippen LogP contribution >= 0.6 is 0 Å². The van der Waals surface area contributed by atoms with Gasteiger partial charge in [-0.1, -0.05) is 6.07 Å². The van der Waals surface area contributed by atoms with E-state index in [2.05, 4.69) is 0 Å². The van der Waals surface area contributed by atoms with Gasteiger partial charge in [-0.15, -0.1) is 0 Å². The van der Waals surface area contributed by atoms with Gasteiger partial charge in [-0.25, -0.2) is 0 Å². The van der Waals surface area contributed by atoms with Crippen LogP contribution in [-0.2, 0) is 19.2 Å². The van der Waals surface area contributed by atoms with Crippen LogP contribution in [0.1, 0.15) is 25.3 Å². The molecular formula is C22H27N3O6. The molecule has 9 heteroatoms. The molecule has 3 rings (SSSR count). The lowest BCUT2D eigenvalue weighted by Gasteiger charge is -2.34. The first-order chi connectivity index (χ1) is 14.9. The minimum absolute atomic E-state index is 0.148. The number of hydrogen-bond acceptors (Lipinski definition) is 6. The van der Waals surface area contributed by atoms with Crippen molar-refractivity contribution in [2.24, 2.45) is 0 Å². The third kappa shape index (κ3) is 5.42. The van der Waals surface area contributed by atoms with Gasteiger partial charge in [0.15, 0.2) is 11.5 Å². The van der Waals surface area contributed by atoms with Crippen LogP contribution in [0.2, 0.25) is 0 Å². The average molecular weight is 429 g/mol. The largest absolute Gasteiger partial charge is 0.493 e. The Hall–Kier alpha value is -3.36. The standard InChI is InChI=1S/C22H27N3O6/c1-3-31-17-6-4-16(14-18(17)30-2)5-7-19(26)23-10-12-24(13-11-23)22(29)15-25-20(27)8-9-21(25)28/h4-7,14H,3,8-13,15H2,1-2H3/b7-5+. The second-order valence-electron chi connectivity index (χ2n) is 7.26. The van der Waals surface area contributed by atoms with Crippen LogP contribution < -0.4 is 9.47 Å². The molecule has 0 saturated carbocycles. The first kappa shape index (κ1) is 22.3. The number of carbonyl (C=O) groups excluding carboxylic acids is 4. The quantitative estimate of drug-likeness (QED) is 0.473. The van der Waals surface area contributed by atoms with E-state index in [4.69, 9.17) is 9.47 Å². The number of likely N-dealkylation sites (tertiary alicyclic amines) is 1. The van der Waals surface area contributed by atoms with E-state index in [1.165, 1.54) is 6.08 Å². The van der Waals surface area contributed by atoms with Crippen molar-refractivity contribution in [3.05, 3.63) is 29.8 Å². The number of amides is 4. The van der Waals surface area contributed by atoms with Crippen LogP contribution in [0.25, 0.3) is 6.08 Å². The first-order valence-electron chi connectivity index (χ1n) is 10.3. The summed E-state index contributed by atoms with van der Waals surface area (Å²) in [7, 11) is 1.56. The van der Waals surface area contributed by atoms with Gasteiger partial charge in [-0.2, -0.15) is 0 Å². The number of ether oxygens (including phenoxy) is 2. The van der Waals surface area contributed by atoms with E-state index in [0.717, 1.165) is 10.5 Å². The third-order valence-corrected chi connectivity index (χ3v) is 5.30. The summed E-state index contributed by atoms with van der Waals surface area (Å²) >= 11 is 0. The number of hydrogen-bond donors (Lipinski definition) is 0. The SMILES string of the molecule is CCOc1ccc(/C=C/C(=O)N2CCN(C(=O)CN3C(=O)CCC3=O)CC2)cc1OC. The minimum Gasteiger partial charge on any atom is -0.493 e. The molecule has 166 valence electrons. The zero-order valence-electron chi connectivity index (χ0n) is 17.8. The van der Waals surface area contributed by atoms with Gasteiger partial charge in [0.1, 0.15) is 6.54 Å². The van der Waals surface area contributed by atoms with E-state index >= 15 is 0 Å². The molecule has 0 radical (unpaired) electrons. The molecule has 0 aliphatic carbocycles. The molecule has 2 aliphatic heterocycles. The molecule has 0 aromatic heterocycles. The predicted octanol–water partition coefficient (Wildman–Crippen LogP) is 0.927. The molecule has 0 bridgehead atoms. The van der Waals surface area contributed by atoms with Gasteiger partial charge >= 0.3 is 0 Å². The molecule has 2 fully saturated rings. The van der Waals surface area contributed by atoms with Crippen LogP contribution in [0.5, 0.6) is 11.5 Å². The fourth-order valence-corrected chi connectivity index (χ4v) is 3.55. The number of carbonyl (C=O) groups is 4. The summed E-state index contributed by atoms with van der Waals surface area (Å²) in [5.74, 6) is 0.217. The van der Waals surface area contributed by atoms with Gasteiger partial charge in [-0.3, -0.25) is 24.1 Å². The van der Waals surface area contributed by atoms with E-state index in [-0.39, 0.29) is 43.0 Å². The maximum atomic E-state index is 12.5. The number of imide groups is 1. The molecule has 2 aliphatic rings. The summed E-state index contributed by atoms with van der Waals surface area (Å²) in [6.07, 6.45) is 3.54. The smallest absolute Gasteiger partial charge is 0.246 e. The molecule has 0 unspecified atom stereocenters. The second-order valence-corrected chi connectivity index (χ2v) is 7.26. The lowest BCUT2D eigenvalue weighted by Crippen LogP contribution is -2.52. The molecule has 0 spiro atoms. The van der Waals surface area contributed by atoms with E-state index in [1.807, 2.05) is 13.0 Å². The van der Waals surface area contributed by atoms with E-state index < -0.39 is 0 Å². The molecule has 1 aromatic carbocycles. The van der Waals surface area contributed by atoms with Crippen molar-refractivity contribution in [1.82, 2.24) is 14.7 Å². The van der Waals surface area contributed by atoms with Crippen molar-refractivity contribution in [2.45, 2.75) is 19.8 Å². The topological polar surface area (TPSA) is 96.5 Å². The van der Waals surface area contributed by atoms with Crippen LogP contribution in [0, 0.1) is 0 Å². The maximum absolute atomic E-state index is 12.5. The molecular weight excluding hydrogens is 402 g/mol. The molecule has 2 saturated heterocycles. The fraction of sp³-hybridized carbons (Fsp3) is 0.455. The van der Waals surface area contributed by atoms with Gasteiger partial charge in [0, 0.05) is 45.1 Å². The average Bonchev–Trinajstić information content (AvgIpc) is 3.10. The normalized spacial score (nSPS) is 16.9. The van der Waals surface area contributed by atoms with Gasteiger partial charge in [0.2, 0.25) is 23.6 Å². The first-order valence-corrected chi connectivity index (χ1v) is 10.3. The maximum Gasteiger partial charge on any atom is 0.246 e. The van der Waals surface area contributed by atoms with Crippen LogP contribution in [0.4, 0.5) is 0 Å². The van der Waals surface area contributed by atoms with Gasteiger partial charge in [-0.05, 0) is 30.7 Å². The lowest BCUT2D eigenvalue weighted by molar-refractivity contribution is -0.146. The summed E-state index contributed by atoms with van der Waals surface area (Å²) in [4.78, 5) is 52.6. The number of rotatable bonds is 7. The van der Waals surface area contributed by atoms with Crippen molar-refractivity contribution >= 4 is 29.7 Å². The Morgan fingerprint density at radius 1 is 1.00 bits per heavy atom. The highest BCUT2D eigenvalue weighted by molar-refractivity contribution is 6.04. The second kappa shape index (κ2) is 10.1. The van der Waals surface area contributed by atoms with Crippen molar-refractivity contribution in [1.29, 1.82) is 0 Å². The van der Waals surface area contributed by atoms with Crippen LogP contribution in [0.3, 0.4) is 0 Å².